The number of hydrogen-bond acceptors (Lipinski definition) is 8. The molecule has 8 nitrogen and oxygen atoms in total. The van der Waals surface area contributed by atoms with Crippen molar-refractivity contribution >= 4 is 23.9 Å². The number of pyridine rings is 1. The third-order valence-corrected chi connectivity index (χ3v) is 7.54. The van der Waals surface area contributed by atoms with E-state index < -0.39 is 23.3 Å². The maximum atomic E-state index is 15.3. The summed E-state index contributed by atoms with van der Waals surface area (Å²) >= 11 is 1.45. The lowest BCUT2D eigenvalue weighted by Gasteiger charge is -2.52. The molecular weight excluding hydrogens is 466 g/mol. The second-order valence-electron chi connectivity index (χ2n) is 8.55. The Hall–Kier alpha value is -3.34. The third kappa shape index (κ3) is 3.54. The normalized spacial score (nSPS) is 18.3. The highest BCUT2D eigenvalue weighted by molar-refractivity contribution is 8.01. The number of amides is 1. The minimum atomic E-state index is -0.811. The van der Waals surface area contributed by atoms with Gasteiger partial charge in [0.15, 0.2) is 23.1 Å². The summed E-state index contributed by atoms with van der Waals surface area (Å²) in [6, 6.07) is 4.68. The first-order valence-corrected chi connectivity index (χ1v) is 11.9. The van der Waals surface area contributed by atoms with Crippen LogP contribution < -0.4 is 14.2 Å². The van der Waals surface area contributed by atoms with Crippen LogP contribution in [0.2, 0.25) is 0 Å². The topological polar surface area (TPSA) is 89.7 Å². The number of anilines is 1. The van der Waals surface area contributed by atoms with E-state index in [-0.39, 0.29) is 29.9 Å². The molecule has 3 aromatic rings. The molecule has 0 bridgehead atoms. The zero-order valence-corrected chi connectivity index (χ0v) is 18.7. The summed E-state index contributed by atoms with van der Waals surface area (Å²) in [5.74, 6) is -1.52. The van der Waals surface area contributed by atoms with Gasteiger partial charge in [-0.1, -0.05) is 0 Å². The highest BCUT2D eigenvalue weighted by Crippen LogP contribution is 2.54. The summed E-state index contributed by atoms with van der Waals surface area (Å²) in [7, 11) is 0. The minimum absolute atomic E-state index is 0.0222. The molecule has 3 aliphatic rings. The van der Waals surface area contributed by atoms with Gasteiger partial charge < -0.3 is 18.6 Å². The number of halogens is 2. The molecule has 2 aliphatic carbocycles. The van der Waals surface area contributed by atoms with Crippen LogP contribution in [-0.2, 0) is 12.1 Å². The van der Waals surface area contributed by atoms with Crippen molar-refractivity contribution in [2.75, 3.05) is 4.72 Å². The molecular formula is C23H20F2N4O4S. The van der Waals surface area contributed by atoms with E-state index in [1.807, 2.05) is 0 Å². The van der Waals surface area contributed by atoms with Crippen LogP contribution in [0.15, 0.2) is 41.3 Å². The molecule has 2 saturated carbocycles. The van der Waals surface area contributed by atoms with E-state index in [1.54, 1.807) is 12.1 Å². The predicted molar refractivity (Wildman–Crippen MR) is 119 cm³/mol. The number of nitrogens with one attached hydrogen (secondary N) is 1. The number of fused-ring (bicyclic) bond motifs is 2. The number of benzene rings is 1. The van der Waals surface area contributed by atoms with Crippen molar-refractivity contribution in [1.29, 1.82) is 0 Å². The Morgan fingerprint density at radius 1 is 1.18 bits per heavy atom. The lowest BCUT2D eigenvalue weighted by molar-refractivity contribution is -0.000329. The monoisotopic (exact) mass is 486 g/mol. The van der Waals surface area contributed by atoms with Crippen LogP contribution in [0.4, 0.5) is 19.4 Å². The van der Waals surface area contributed by atoms with Gasteiger partial charge in [-0.15, -0.1) is 0 Å². The molecule has 2 fully saturated rings. The minimum Gasteiger partial charge on any atom is -0.417 e. The molecule has 6 rings (SSSR count). The van der Waals surface area contributed by atoms with E-state index >= 15 is 8.78 Å². The van der Waals surface area contributed by atoms with Crippen LogP contribution in [-0.4, -0.2) is 26.2 Å². The largest absolute Gasteiger partial charge is 0.417 e. The van der Waals surface area contributed by atoms with Crippen molar-refractivity contribution < 1.29 is 27.5 Å². The van der Waals surface area contributed by atoms with Crippen LogP contribution in [0.3, 0.4) is 0 Å². The number of hydrogen-bond donors (Lipinski definition) is 1. The van der Waals surface area contributed by atoms with Gasteiger partial charge in [0, 0.05) is 22.6 Å². The fraction of sp³-hybridized carbons (Fsp3) is 0.348. The Balaban J connectivity index is 1.31. The SMILES string of the molecule is O=C1Oc2c(ccc(Oc3ncco3)c2F)C2(CCC2)N1Cc1ccnc(NSC2CC2)c1F. The molecule has 0 unspecified atom stereocenters. The van der Waals surface area contributed by atoms with Crippen molar-refractivity contribution in [2.45, 2.75) is 49.4 Å². The summed E-state index contributed by atoms with van der Waals surface area (Å²) in [5, 5.41) is 0.476. The summed E-state index contributed by atoms with van der Waals surface area (Å²) in [4.78, 5) is 22.5. The molecule has 1 spiro atoms. The first-order valence-electron chi connectivity index (χ1n) is 11.0. The summed E-state index contributed by atoms with van der Waals surface area (Å²) < 4.78 is 49.2. The predicted octanol–water partition coefficient (Wildman–Crippen LogP) is 5.76. The second-order valence-corrected chi connectivity index (χ2v) is 9.65. The number of carbonyl (C=O) groups is 1. The molecule has 1 aromatic carbocycles. The average Bonchev–Trinajstić information content (AvgIpc) is 3.49. The quantitative estimate of drug-likeness (QED) is 0.422. The zero-order valence-electron chi connectivity index (χ0n) is 17.9. The Labute approximate surface area is 197 Å². The highest BCUT2D eigenvalue weighted by Gasteiger charge is 2.53. The van der Waals surface area contributed by atoms with Crippen LogP contribution in [0, 0.1) is 11.6 Å². The number of carbonyl (C=O) groups excluding carboxylic acids is 1. The van der Waals surface area contributed by atoms with Crippen LogP contribution in [0.5, 0.6) is 17.6 Å². The Bertz CT molecular complexity index is 1250. The van der Waals surface area contributed by atoms with Gasteiger partial charge in [0.2, 0.25) is 5.82 Å². The molecule has 0 saturated heterocycles. The molecule has 1 N–H and O–H groups in total. The number of aromatic nitrogens is 2. The summed E-state index contributed by atoms with van der Waals surface area (Å²) in [6.07, 6.45) is 7.60. The highest BCUT2D eigenvalue weighted by atomic mass is 32.2. The zero-order chi connectivity index (χ0) is 23.3. The maximum Gasteiger partial charge on any atom is 0.416 e. The van der Waals surface area contributed by atoms with E-state index in [2.05, 4.69) is 14.7 Å². The first-order chi connectivity index (χ1) is 16.5. The summed E-state index contributed by atoms with van der Waals surface area (Å²) in [6.45, 7) is -0.0222. The van der Waals surface area contributed by atoms with Gasteiger partial charge >= 0.3 is 12.2 Å². The maximum absolute atomic E-state index is 15.3. The molecule has 11 heteroatoms. The number of ether oxygens (including phenoxy) is 2. The lowest BCUT2D eigenvalue weighted by Crippen LogP contribution is -2.57. The lowest BCUT2D eigenvalue weighted by atomic mass is 9.69. The molecule has 3 heterocycles. The fourth-order valence-corrected chi connectivity index (χ4v) is 5.13. The Morgan fingerprint density at radius 2 is 2.03 bits per heavy atom. The van der Waals surface area contributed by atoms with Crippen LogP contribution in [0.25, 0.3) is 0 Å². The third-order valence-electron chi connectivity index (χ3n) is 6.42. The van der Waals surface area contributed by atoms with Crippen LogP contribution in [0.1, 0.15) is 43.2 Å². The van der Waals surface area contributed by atoms with Gasteiger partial charge in [-0.05, 0) is 62.3 Å². The molecule has 0 radical (unpaired) electrons. The van der Waals surface area contributed by atoms with Gasteiger partial charge in [0.05, 0.1) is 18.3 Å². The van der Waals surface area contributed by atoms with Gasteiger partial charge in [0.25, 0.3) is 0 Å². The van der Waals surface area contributed by atoms with Gasteiger partial charge in [-0.2, -0.15) is 9.37 Å². The standard InChI is InChI=1S/C23H20F2N4O4S/c24-17-13(6-9-26-20(17)28-34-14-2-3-14)12-29-22(30)33-19-15(23(29)7-1-8-23)4-5-16(18(19)25)32-21-27-10-11-31-21/h4-6,9-11,14H,1-3,7-8,12H2,(H,26,28). The molecule has 176 valence electrons. The number of nitrogens with zero attached hydrogens (tertiary/aromatic N) is 3. The van der Waals surface area contributed by atoms with Crippen molar-refractivity contribution in [1.82, 2.24) is 14.9 Å². The van der Waals surface area contributed by atoms with Gasteiger partial charge in [0.1, 0.15) is 6.26 Å². The molecule has 1 aliphatic heterocycles. The van der Waals surface area contributed by atoms with Crippen molar-refractivity contribution in [3.05, 3.63) is 59.6 Å². The molecule has 0 atom stereocenters. The number of oxazole rings is 1. The smallest absolute Gasteiger partial charge is 0.416 e. The van der Waals surface area contributed by atoms with E-state index in [4.69, 9.17) is 13.9 Å². The Kier molecular flexibility index (Phi) is 5.09. The number of rotatable bonds is 7. The molecule has 2 aromatic heterocycles. The first kappa shape index (κ1) is 21.2. The van der Waals surface area contributed by atoms with Crippen molar-refractivity contribution in [3.63, 3.8) is 0 Å². The Morgan fingerprint density at radius 3 is 2.74 bits per heavy atom. The van der Waals surface area contributed by atoms with E-state index in [1.165, 1.54) is 41.6 Å². The average molecular weight is 487 g/mol. The van der Waals surface area contributed by atoms with Crippen molar-refractivity contribution in [2.24, 2.45) is 0 Å². The molecule has 34 heavy (non-hydrogen) atoms. The van der Waals surface area contributed by atoms with Gasteiger partial charge in [-0.25, -0.2) is 14.2 Å². The van der Waals surface area contributed by atoms with Crippen LogP contribution >= 0.6 is 11.9 Å². The second kappa shape index (κ2) is 8.15. The molecule has 1 amide bonds. The fourth-order valence-electron chi connectivity index (χ4n) is 4.34. The van der Waals surface area contributed by atoms with E-state index in [0.717, 1.165) is 19.3 Å². The van der Waals surface area contributed by atoms with Crippen molar-refractivity contribution in [3.8, 4) is 17.6 Å². The van der Waals surface area contributed by atoms with Gasteiger partial charge in [-0.3, -0.25) is 4.90 Å². The summed E-state index contributed by atoms with van der Waals surface area (Å²) in [5.41, 5.74) is 0.0663. The van der Waals surface area contributed by atoms with E-state index in [9.17, 15) is 4.79 Å². The van der Waals surface area contributed by atoms with E-state index in [0.29, 0.717) is 29.2 Å².